The number of hydrogen-bond donors (Lipinski definition) is 3. The van der Waals surface area contributed by atoms with E-state index in [-0.39, 0.29) is 41.8 Å². The monoisotopic (exact) mass is 546 g/mol. The van der Waals surface area contributed by atoms with Gasteiger partial charge in [0.15, 0.2) is 0 Å². The third-order valence-electron chi connectivity index (χ3n) is 9.91. The quantitative estimate of drug-likeness (QED) is 0.485. The van der Waals surface area contributed by atoms with Crippen LogP contribution in [0.1, 0.15) is 38.7 Å². The average Bonchev–Trinajstić information content (AvgIpc) is 3.54. The second kappa shape index (κ2) is 9.85. The third kappa shape index (κ3) is 4.34. The summed E-state index contributed by atoms with van der Waals surface area (Å²) in [6.45, 7) is 5.07. The van der Waals surface area contributed by atoms with E-state index in [4.69, 9.17) is 4.74 Å². The van der Waals surface area contributed by atoms with Gasteiger partial charge in [-0.1, -0.05) is 26.0 Å². The van der Waals surface area contributed by atoms with Crippen LogP contribution in [0.5, 0.6) is 0 Å². The van der Waals surface area contributed by atoms with Crippen LogP contribution in [0.15, 0.2) is 54.3 Å². The highest BCUT2D eigenvalue weighted by Gasteiger charge is 2.61. The first-order valence-corrected chi connectivity index (χ1v) is 14.0. The number of fused-ring (bicyclic) bond motifs is 3. The van der Waals surface area contributed by atoms with E-state index in [2.05, 4.69) is 37.8 Å². The number of anilines is 2. The van der Waals surface area contributed by atoms with Gasteiger partial charge in [-0.05, 0) is 48.7 Å². The molecule has 212 valence electrons. The first-order valence-electron chi connectivity index (χ1n) is 14.0. The summed E-state index contributed by atoms with van der Waals surface area (Å²) in [6.07, 6.45) is 16.6. The second-order valence-corrected chi connectivity index (χ2v) is 12.5. The number of rotatable bonds is 5. The molecule has 2 aliphatic carbocycles. The van der Waals surface area contributed by atoms with Crippen LogP contribution in [-0.2, 0) is 16.1 Å². The Morgan fingerprint density at radius 2 is 2.02 bits per heavy atom. The van der Waals surface area contributed by atoms with Crippen molar-refractivity contribution in [2.24, 2.45) is 28.6 Å². The van der Waals surface area contributed by atoms with Crippen molar-refractivity contribution in [2.75, 3.05) is 30.9 Å². The van der Waals surface area contributed by atoms with E-state index in [0.29, 0.717) is 23.7 Å². The largest absolute Gasteiger partial charge is 0.423 e. The number of carbonyl (C=O) groups is 1. The molecule has 0 radical (unpaired) electrons. The fourth-order valence-corrected chi connectivity index (χ4v) is 7.62. The lowest BCUT2D eigenvalue weighted by atomic mass is 9.44. The Morgan fingerprint density at radius 1 is 1.25 bits per heavy atom. The van der Waals surface area contributed by atoms with Gasteiger partial charge >= 0.3 is 5.97 Å². The number of aromatic nitrogens is 4. The highest BCUT2D eigenvalue weighted by molar-refractivity contribution is 5.96. The second-order valence-electron chi connectivity index (χ2n) is 12.5. The van der Waals surface area contributed by atoms with Crippen LogP contribution in [0, 0.1) is 28.6 Å². The fourth-order valence-electron chi connectivity index (χ4n) is 7.62. The summed E-state index contributed by atoms with van der Waals surface area (Å²) in [7, 11) is 3.75. The molecule has 0 bridgehead atoms. The molecule has 0 spiro atoms. The summed E-state index contributed by atoms with van der Waals surface area (Å²) < 4.78 is 7.71. The highest BCUT2D eigenvalue weighted by atomic mass is 16.5. The molecule has 4 heterocycles. The SMILES string of the molecule is CN(C)c1ncc(/C=C2C=C(/C=C/C3C4Cn5ccnc5NC4CC4[C@]3(C)CC[C@H](O)[C@@]4(C)CO)C(=O)O\2)cn1. The van der Waals surface area contributed by atoms with Gasteiger partial charge in [0.05, 0.1) is 18.3 Å². The number of carbonyl (C=O) groups excluding carboxylic acids is 1. The maximum atomic E-state index is 12.8. The minimum absolute atomic E-state index is 0.0677. The van der Waals surface area contributed by atoms with E-state index >= 15 is 0 Å². The molecule has 10 heteroatoms. The van der Waals surface area contributed by atoms with Gasteiger partial charge in [0.25, 0.3) is 0 Å². The van der Waals surface area contributed by atoms with Gasteiger partial charge in [0, 0.05) is 68.4 Å². The molecule has 4 aliphatic rings. The topological polar surface area (TPSA) is 126 Å². The summed E-state index contributed by atoms with van der Waals surface area (Å²) in [5, 5.41) is 25.2. The van der Waals surface area contributed by atoms with E-state index in [1.165, 1.54) is 0 Å². The Bertz CT molecular complexity index is 1380. The average molecular weight is 547 g/mol. The standard InChI is InChI=1S/C30H38N6O4/c1-29-8-7-25(38)30(2,17-37)24(29)13-23-21(16-36-10-9-31-28(36)34-23)22(29)6-5-19-12-20(40-26(19)39)11-18-14-32-27(33-15-18)35(3)4/h5-6,9-12,14-15,21-25,37-38H,7-8,13,16-17H2,1-4H3,(H,31,34)/b6-5+,20-11+/t21?,22?,23?,24?,25-,29+,30-/m0/s1. The van der Waals surface area contributed by atoms with Gasteiger partial charge in [0.2, 0.25) is 11.9 Å². The molecule has 2 aromatic heterocycles. The van der Waals surface area contributed by atoms with E-state index in [0.717, 1.165) is 30.9 Å². The van der Waals surface area contributed by atoms with Gasteiger partial charge < -0.3 is 29.7 Å². The van der Waals surface area contributed by atoms with E-state index in [1.807, 2.05) is 44.4 Å². The molecule has 0 amide bonds. The molecule has 6 rings (SSSR count). The van der Waals surface area contributed by atoms with Crippen LogP contribution in [0.3, 0.4) is 0 Å². The number of esters is 1. The van der Waals surface area contributed by atoms with E-state index < -0.39 is 11.5 Å². The van der Waals surface area contributed by atoms with Crippen molar-refractivity contribution in [2.45, 2.75) is 51.8 Å². The van der Waals surface area contributed by atoms with Gasteiger partial charge in [-0.15, -0.1) is 0 Å². The number of hydrogen-bond acceptors (Lipinski definition) is 9. The van der Waals surface area contributed by atoms with Crippen molar-refractivity contribution in [1.29, 1.82) is 0 Å². The molecule has 2 aliphatic heterocycles. The molecule has 2 saturated carbocycles. The molecule has 0 aromatic carbocycles. The zero-order valence-corrected chi connectivity index (χ0v) is 23.5. The Kier molecular flexibility index (Phi) is 6.58. The highest BCUT2D eigenvalue weighted by Crippen LogP contribution is 2.62. The summed E-state index contributed by atoms with van der Waals surface area (Å²) in [6, 6.07) is 0.143. The van der Waals surface area contributed by atoms with Crippen molar-refractivity contribution in [3.8, 4) is 0 Å². The van der Waals surface area contributed by atoms with Crippen LogP contribution in [0.25, 0.3) is 6.08 Å². The Morgan fingerprint density at radius 3 is 2.75 bits per heavy atom. The third-order valence-corrected chi connectivity index (χ3v) is 9.91. The van der Waals surface area contributed by atoms with E-state index in [9.17, 15) is 15.0 Å². The number of nitrogens with one attached hydrogen (secondary N) is 1. The van der Waals surface area contributed by atoms with Crippen molar-refractivity contribution in [3.63, 3.8) is 0 Å². The van der Waals surface area contributed by atoms with Gasteiger partial charge in [-0.3, -0.25) is 0 Å². The zero-order chi connectivity index (χ0) is 28.2. The molecule has 2 aromatic rings. The molecule has 0 saturated heterocycles. The number of cyclic esters (lactones) is 1. The zero-order valence-electron chi connectivity index (χ0n) is 23.5. The number of allylic oxidation sites excluding steroid dienone is 2. The van der Waals surface area contributed by atoms with Crippen molar-refractivity contribution < 1.29 is 19.7 Å². The first kappa shape index (κ1) is 26.7. The number of aliphatic hydroxyl groups excluding tert-OH is 2. The number of imidazole rings is 1. The van der Waals surface area contributed by atoms with Crippen LogP contribution in [0.4, 0.5) is 11.9 Å². The van der Waals surface area contributed by atoms with Gasteiger partial charge in [-0.25, -0.2) is 19.7 Å². The molecule has 7 atom stereocenters. The predicted octanol–water partition coefficient (Wildman–Crippen LogP) is 3.03. The van der Waals surface area contributed by atoms with Crippen LogP contribution in [-0.4, -0.2) is 68.5 Å². The minimum Gasteiger partial charge on any atom is -0.423 e. The number of ether oxygens (including phenoxy) is 1. The Balaban J connectivity index is 1.32. The fraction of sp³-hybridized carbons (Fsp3) is 0.533. The number of aliphatic hydroxyl groups is 2. The van der Waals surface area contributed by atoms with Gasteiger partial charge in [-0.2, -0.15) is 0 Å². The Hall–Kier alpha value is -3.50. The minimum atomic E-state index is -0.607. The van der Waals surface area contributed by atoms with Gasteiger partial charge in [0.1, 0.15) is 5.76 Å². The van der Waals surface area contributed by atoms with Crippen molar-refractivity contribution >= 4 is 23.9 Å². The van der Waals surface area contributed by atoms with Crippen LogP contribution in [0.2, 0.25) is 0 Å². The predicted molar refractivity (Wildman–Crippen MR) is 151 cm³/mol. The summed E-state index contributed by atoms with van der Waals surface area (Å²) >= 11 is 0. The molecule has 40 heavy (non-hydrogen) atoms. The van der Waals surface area contributed by atoms with E-state index in [1.54, 1.807) is 24.5 Å². The molecule has 10 nitrogen and oxygen atoms in total. The van der Waals surface area contributed by atoms with Crippen molar-refractivity contribution in [3.05, 3.63) is 59.9 Å². The summed E-state index contributed by atoms with van der Waals surface area (Å²) in [5.41, 5.74) is 0.465. The number of nitrogens with zero attached hydrogens (tertiary/aromatic N) is 5. The molecule has 2 fully saturated rings. The molecular weight excluding hydrogens is 508 g/mol. The summed E-state index contributed by atoms with van der Waals surface area (Å²) in [4.78, 5) is 27.8. The maximum Gasteiger partial charge on any atom is 0.343 e. The lowest BCUT2D eigenvalue weighted by Crippen LogP contribution is -2.63. The molecule has 4 unspecified atom stereocenters. The molecule has 3 N–H and O–H groups in total. The smallest absolute Gasteiger partial charge is 0.343 e. The summed E-state index contributed by atoms with van der Waals surface area (Å²) in [5.74, 6) is 1.98. The maximum absolute atomic E-state index is 12.8. The Labute approximate surface area is 234 Å². The molecular formula is C30H38N6O4. The van der Waals surface area contributed by atoms with Crippen LogP contribution >= 0.6 is 0 Å². The first-order chi connectivity index (χ1) is 19.1. The van der Waals surface area contributed by atoms with Crippen LogP contribution < -0.4 is 10.2 Å². The lowest BCUT2D eigenvalue weighted by Gasteiger charge is -2.63. The lowest BCUT2D eigenvalue weighted by molar-refractivity contribution is -0.168. The normalized spacial score (nSPS) is 36.0. The van der Waals surface area contributed by atoms with Crippen molar-refractivity contribution in [1.82, 2.24) is 19.5 Å².